The van der Waals surface area contributed by atoms with Crippen LogP contribution in [0.5, 0.6) is 0 Å². The van der Waals surface area contributed by atoms with Crippen LogP contribution in [-0.2, 0) is 6.42 Å². The van der Waals surface area contributed by atoms with Crippen LogP contribution in [0.2, 0.25) is 0 Å². The maximum absolute atomic E-state index is 12.5. The first-order chi connectivity index (χ1) is 13.1. The SMILES string of the molecule is Cc1ccc(-c2ccc3nc(CC(=O)c4cccc(C)c4)ccc3c2)cc1. The summed E-state index contributed by atoms with van der Waals surface area (Å²) >= 11 is 0. The predicted octanol–water partition coefficient (Wildman–Crippen LogP) is 5.94. The van der Waals surface area contributed by atoms with Crippen molar-refractivity contribution in [2.45, 2.75) is 20.3 Å². The summed E-state index contributed by atoms with van der Waals surface area (Å²) in [6, 6.07) is 26.5. The highest BCUT2D eigenvalue weighted by atomic mass is 16.1. The molecule has 1 aromatic heterocycles. The third-order valence-corrected chi connectivity index (χ3v) is 4.81. The second-order valence-electron chi connectivity index (χ2n) is 7.05. The van der Waals surface area contributed by atoms with E-state index in [0.29, 0.717) is 6.42 Å². The number of carbonyl (C=O) groups excluding carboxylic acids is 1. The third-order valence-electron chi connectivity index (χ3n) is 4.81. The average Bonchev–Trinajstić information content (AvgIpc) is 2.68. The molecule has 0 radical (unpaired) electrons. The summed E-state index contributed by atoms with van der Waals surface area (Å²) in [5, 5.41) is 1.08. The molecule has 0 saturated carbocycles. The van der Waals surface area contributed by atoms with Crippen LogP contribution in [0.3, 0.4) is 0 Å². The molecule has 0 aliphatic heterocycles. The van der Waals surface area contributed by atoms with Crippen LogP contribution in [-0.4, -0.2) is 10.8 Å². The fraction of sp³-hybridized carbons (Fsp3) is 0.120. The molecule has 132 valence electrons. The number of aryl methyl sites for hydroxylation is 2. The number of hydrogen-bond donors (Lipinski definition) is 0. The number of carbonyl (C=O) groups is 1. The molecular weight excluding hydrogens is 330 g/mol. The molecule has 0 aliphatic rings. The van der Waals surface area contributed by atoms with Crippen molar-refractivity contribution < 1.29 is 4.79 Å². The van der Waals surface area contributed by atoms with Crippen molar-refractivity contribution in [1.82, 2.24) is 4.98 Å². The van der Waals surface area contributed by atoms with Gasteiger partial charge in [0.15, 0.2) is 5.78 Å². The number of fused-ring (bicyclic) bond motifs is 1. The van der Waals surface area contributed by atoms with Gasteiger partial charge in [0.25, 0.3) is 0 Å². The molecule has 0 aliphatic carbocycles. The number of benzene rings is 3. The molecule has 27 heavy (non-hydrogen) atoms. The van der Waals surface area contributed by atoms with Gasteiger partial charge in [-0.1, -0.05) is 65.7 Å². The number of Topliss-reactive ketones (excluding diaryl/α,β-unsaturated/α-hetero) is 1. The molecule has 0 amide bonds. The van der Waals surface area contributed by atoms with Crippen LogP contribution in [0.1, 0.15) is 27.2 Å². The summed E-state index contributed by atoms with van der Waals surface area (Å²) in [6.07, 6.45) is 0.319. The number of hydrogen-bond acceptors (Lipinski definition) is 2. The van der Waals surface area contributed by atoms with Crippen LogP contribution in [0.25, 0.3) is 22.0 Å². The summed E-state index contributed by atoms with van der Waals surface area (Å²) in [4.78, 5) is 17.2. The minimum Gasteiger partial charge on any atom is -0.294 e. The smallest absolute Gasteiger partial charge is 0.168 e. The molecular formula is C25H21NO. The van der Waals surface area contributed by atoms with Gasteiger partial charge in [0.2, 0.25) is 0 Å². The van der Waals surface area contributed by atoms with E-state index >= 15 is 0 Å². The summed E-state index contributed by atoms with van der Waals surface area (Å²) in [6.45, 7) is 4.09. The molecule has 0 atom stereocenters. The van der Waals surface area contributed by atoms with Crippen LogP contribution < -0.4 is 0 Å². The molecule has 0 spiro atoms. The summed E-state index contributed by atoms with van der Waals surface area (Å²) in [5.41, 5.74) is 7.18. The molecule has 0 bridgehead atoms. The minimum absolute atomic E-state index is 0.0989. The number of ketones is 1. The lowest BCUT2D eigenvalue weighted by atomic mass is 10.0. The third kappa shape index (κ3) is 3.80. The van der Waals surface area contributed by atoms with Crippen molar-refractivity contribution in [3.05, 3.63) is 101 Å². The van der Waals surface area contributed by atoms with Gasteiger partial charge in [0, 0.05) is 16.6 Å². The van der Waals surface area contributed by atoms with E-state index in [-0.39, 0.29) is 5.78 Å². The zero-order valence-corrected chi connectivity index (χ0v) is 15.6. The van der Waals surface area contributed by atoms with Gasteiger partial charge in [-0.05, 0) is 49.2 Å². The van der Waals surface area contributed by atoms with Crippen molar-refractivity contribution in [3.8, 4) is 11.1 Å². The standard InChI is InChI=1S/C25H21NO/c1-17-6-8-19(9-7-17)20-11-13-24-21(15-20)10-12-23(26-24)16-25(27)22-5-3-4-18(2)14-22/h3-15H,16H2,1-2H3. The Balaban J connectivity index is 1.60. The van der Waals surface area contributed by atoms with Gasteiger partial charge in [0.05, 0.1) is 11.9 Å². The number of pyridine rings is 1. The fourth-order valence-corrected chi connectivity index (χ4v) is 3.28. The fourth-order valence-electron chi connectivity index (χ4n) is 3.28. The summed E-state index contributed by atoms with van der Waals surface area (Å²) < 4.78 is 0. The lowest BCUT2D eigenvalue weighted by Crippen LogP contribution is -2.05. The molecule has 4 aromatic rings. The summed E-state index contributed by atoms with van der Waals surface area (Å²) in [5.74, 6) is 0.0989. The Bertz CT molecular complexity index is 1130. The van der Waals surface area contributed by atoms with E-state index in [2.05, 4.69) is 49.4 Å². The first kappa shape index (κ1) is 17.2. The van der Waals surface area contributed by atoms with Crippen molar-refractivity contribution in [3.63, 3.8) is 0 Å². The maximum Gasteiger partial charge on any atom is 0.168 e. The molecule has 0 fully saturated rings. The molecule has 4 rings (SSSR count). The Morgan fingerprint density at radius 1 is 0.778 bits per heavy atom. The first-order valence-corrected chi connectivity index (χ1v) is 9.15. The van der Waals surface area contributed by atoms with Gasteiger partial charge in [-0.15, -0.1) is 0 Å². The van der Waals surface area contributed by atoms with Gasteiger partial charge < -0.3 is 0 Å². The van der Waals surface area contributed by atoms with Crippen molar-refractivity contribution >= 4 is 16.7 Å². The van der Waals surface area contributed by atoms with Crippen LogP contribution in [0.4, 0.5) is 0 Å². The van der Waals surface area contributed by atoms with E-state index in [1.165, 1.54) is 16.7 Å². The van der Waals surface area contributed by atoms with Crippen molar-refractivity contribution in [2.75, 3.05) is 0 Å². The van der Waals surface area contributed by atoms with E-state index in [1.807, 2.05) is 43.3 Å². The lowest BCUT2D eigenvalue weighted by Gasteiger charge is -2.07. The Morgan fingerprint density at radius 3 is 2.33 bits per heavy atom. The van der Waals surface area contributed by atoms with E-state index in [0.717, 1.165) is 27.7 Å². The van der Waals surface area contributed by atoms with E-state index < -0.39 is 0 Å². The topological polar surface area (TPSA) is 30.0 Å². The zero-order valence-electron chi connectivity index (χ0n) is 15.6. The predicted molar refractivity (Wildman–Crippen MR) is 111 cm³/mol. The summed E-state index contributed by atoms with van der Waals surface area (Å²) in [7, 11) is 0. The second kappa shape index (κ2) is 7.16. The molecule has 0 saturated heterocycles. The highest BCUT2D eigenvalue weighted by Gasteiger charge is 2.09. The Morgan fingerprint density at radius 2 is 1.56 bits per heavy atom. The lowest BCUT2D eigenvalue weighted by molar-refractivity contribution is 0.0992. The maximum atomic E-state index is 12.5. The van der Waals surface area contributed by atoms with Crippen molar-refractivity contribution in [1.29, 1.82) is 0 Å². The Kier molecular flexibility index (Phi) is 4.55. The Labute approximate surface area is 159 Å². The molecule has 3 aromatic carbocycles. The Hall–Kier alpha value is -3.26. The minimum atomic E-state index is 0.0989. The number of rotatable bonds is 4. The normalized spacial score (nSPS) is 10.9. The number of aromatic nitrogens is 1. The van der Waals surface area contributed by atoms with E-state index in [9.17, 15) is 4.79 Å². The van der Waals surface area contributed by atoms with Crippen LogP contribution >= 0.6 is 0 Å². The van der Waals surface area contributed by atoms with E-state index in [4.69, 9.17) is 4.98 Å². The van der Waals surface area contributed by atoms with Gasteiger partial charge in [-0.3, -0.25) is 9.78 Å². The van der Waals surface area contributed by atoms with Gasteiger partial charge in [0.1, 0.15) is 0 Å². The highest BCUT2D eigenvalue weighted by molar-refractivity contribution is 5.97. The van der Waals surface area contributed by atoms with E-state index in [1.54, 1.807) is 0 Å². The van der Waals surface area contributed by atoms with Gasteiger partial charge >= 0.3 is 0 Å². The first-order valence-electron chi connectivity index (χ1n) is 9.15. The second-order valence-corrected chi connectivity index (χ2v) is 7.05. The monoisotopic (exact) mass is 351 g/mol. The molecule has 2 heteroatoms. The quantitative estimate of drug-likeness (QED) is 0.426. The van der Waals surface area contributed by atoms with Crippen LogP contribution in [0.15, 0.2) is 78.9 Å². The molecule has 0 N–H and O–H groups in total. The van der Waals surface area contributed by atoms with Gasteiger partial charge in [-0.2, -0.15) is 0 Å². The van der Waals surface area contributed by atoms with Crippen molar-refractivity contribution in [2.24, 2.45) is 0 Å². The highest BCUT2D eigenvalue weighted by Crippen LogP contribution is 2.24. The molecule has 0 unspecified atom stereocenters. The molecule has 1 heterocycles. The van der Waals surface area contributed by atoms with Gasteiger partial charge in [-0.25, -0.2) is 0 Å². The largest absolute Gasteiger partial charge is 0.294 e. The zero-order chi connectivity index (χ0) is 18.8. The van der Waals surface area contributed by atoms with Crippen LogP contribution in [0, 0.1) is 13.8 Å². The average molecular weight is 351 g/mol. The number of nitrogens with zero attached hydrogens (tertiary/aromatic N) is 1. The molecule has 2 nitrogen and oxygen atoms in total.